The molecule has 1 aromatic rings. The fraction of sp³-hybridized carbons (Fsp3) is 0.381. The summed E-state index contributed by atoms with van der Waals surface area (Å²) in [6.45, 7) is 5.63. The number of carbonyl (C=O) groups excluding carboxylic acids is 1. The third-order valence-electron chi connectivity index (χ3n) is 5.44. The van der Waals surface area contributed by atoms with Gasteiger partial charge in [0.25, 0.3) is 5.91 Å². The Balaban J connectivity index is 1.16. The number of aliphatic imine (C=N–C) groups is 2. The molecule has 1 aromatic carbocycles. The van der Waals surface area contributed by atoms with Crippen LogP contribution in [0.2, 0.25) is 0 Å². The van der Waals surface area contributed by atoms with Crippen molar-refractivity contribution in [2.75, 3.05) is 39.5 Å². The molecule has 0 N–H and O–H groups in total. The van der Waals surface area contributed by atoms with E-state index in [2.05, 4.69) is 31.9 Å². The van der Waals surface area contributed by atoms with Crippen LogP contribution in [0.5, 0.6) is 11.5 Å². The highest BCUT2D eigenvalue weighted by Crippen LogP contribution is 2.32. The van der Waals surface area contributed by atoms with Crippen LogP contribution in [0, 0.1) is 5.92 Å². The number of ether oxygens (including phenoxy) is 2. The number of allylic oxidation sites excluding steroid dienone is 3. The molecule has 7 heteroatoms. The van der Waals surface area contributed by atoms with Crippen molar-refractivity contribution in [3.8, 4) is 11.5 Å². The monoisotopic (exact) mass is 378 g/mol. The fourth-order valence-corrected chi connectivity index (χ4v) is 3.89. The SMILES string of the molecule is O=C1N=C(CN2CCN(Cc3ccc4c(c3)OCO4)CC2)N=C2C=CC=CC12. The third kappa shape index (κ3) is 3.50. The first-order chi connectivity index (χ1) is 13.7. The molecule has 1 amide bonds. The maximum absolute atomic E-state index is 12.2. The van der Waals surface area contributed by atoms with Crippen LogP contribution >= 0.6 is 0 Å². The number of amides is 1. The van der Waals surface area contributed by atoms with E-state index in [1.807, 2.05) is 30.4 Å². The minimum atomic E-state index is -0.299. The van der Waals surface area contributed by atoms with E-state index in [-0.39, 0.29) is 11.8 Å². The van der Waals surface area contributed by atoms with Crippen molar-refractivity contribution in [1.29, 1.82) is 0 Å². The standard InChI is InChI=1S/C21H22N4O3/c26-21-16-3-1-2-4-17(16)22-20(23-21)13-25-9-7-24(8-10-25)12-15-5-6-18-19(11-15)28-14-27-18/h1-6,11,16H,7-10,12-14H2. The summed E-state index contributed by atoms with van der Waals surface area (Å²) >= 11 is 0. The minimum absolute atomic E-state index is 0.109. The van der Waals surface area contributed by atoms with Crippen molar-refractivity contribution >= 4 is 17.5 Å². The van der Waals surface area contributed by atoms with Crippen molar-refractivity contribution in [3.63, 3.8) is 0 Å². The van der Waals surface area contributed by atoms with Crippen molar-refractivity contribution in [2.24, 2.45) is 15.9 Å². The van der Waals surface area contributed by atoms with Gasteiger partial charge in [-0.15, -0.1) is 0 Å². The van der Waals surface area contributed by atoms with Crippen molar-refractivity contribution in [3.05, 3.63) is 48.1 Å². The number of hydrogen-bond donors (Lipinski definition) is 0. The van der Waals surface area contributed by atoms with Crippen LogP contribution in [-0.4, -0.2) is 66.8 Å². The number of hydrogen-bond acceptors (Lipinski definition) is 6. The Labute approximate surface area is 163 Å². The predicted octanol–water partition coefficient (Wildman–Crippen LogP) is 1.65. The van der Waals surface area contributed by atoms with Gasteiger partial charge in [0, 0.05) is 32.7 Å². The quantitative estimate of drug-likeness (QED) is 0.797. The summed E-state index contributed by atoms with van der Waals surface area (Å²) in [6, 6.07) is 6.14. The molecule has 1 atom stereocenters. The molecular weight excluding hydrogens is 356 g/mol. The Morgan fingerprint density at radius 1 is 0.964 bits per heavy atom. The number of carbonyl (C=O) groups is 1. The lowest BCUT2D eigenvalue weighted by molar-refractivity contribution is -0.118. The second-order valence-electron chi connectivity index (χ2n) is 7.36. The summed E-state index contributed by atoms with van der Waals surface area (Å²) in [7, 11) is 0. The van der Waals surface area contributed by atoms with Crippen LogP contribution in [0.3, 0.4) is 0 Å². The summed E-state index contributed by atoms with van der Waals surface area (Å²) in [6.07, 6.45) is 7.55. The molecule has 0 spiro atoms. The number of piperazine rings is 1. The molecule has 0 aromatic heterocycles. The molecule has 0 bridgehead atoms. The second-order valence-corrected chi connectivity index (χ2v) is 7.36. The first-order valence-corrected chi connectivity index (χ1v) is 9.63. The average molecular weight is 378 g/mol. The smallest absolute Gasteiger partial charge is 0.260 e. The number of rotatable bonds is 4. The summed E-state index contributed by atoms with van der Waals surface area (Å²) in [5.41, 5.74) is 2.04. The molecule has 7 nitrogen and oxygen atoms in total. The van der Waals surface area contributed by atoms with Gasteiger partial charge in [-0.2, -0.15) is 4.99 Å². The summed E-state index contributed by atoms with van der Waals surface area (Å²) < 4.78 is 10.8. The molecule has 28 heavy (non-hydrogen) atoms. The lowest BCUT2D eigenvalue weighted by Crippen LogP contribution is -2.47. The first-order valence-electron chi connectivity index (χ1n) is 9.63. The topological polar surface area (TPSA) is 66.7 Å². The molecule has 5 rings (SSSR count). The molecule has 0 radical (unpaired) electrons. The highest BCUT2D eigenvalue weighted by atomic mass is 16.7. The zero-order valence-electron chi connectivity index (χ0n) is 15.6. The fourth-order valence-electron chi connectivity index (χ4n) is 3.89. The highest BCUT2D eigenvalue weighted by molar-refractivity contribution is 6.21. The zero-order valence-corrected chi connectivity index (χ0v) is 15.6. The van der Waals surface area contributed by atoms with E-state index in [9.17, 15) is 4.79 Å². The van der Waals surface area contributed by atoms with Crippen molar-refractivity contribution in [1.82, 2.24) is 9.80 Å². The molecular formula is C21H22N4O3. The van der Waals surface area contributed by atoms with E-state index >= 15 is 0 Å². The first kappa shape index (κ1) is 17.3. The van der Waals surface area contributed by atoms with Gasteiger partial charge in [-0.3, -0.25) is 14.6 Å². The van der Waals surface area contributed by atoms with E-state index in [1.165, 1.54) is 5.56 Å². The van der Waals surface area contributed by atoms with Gasteiger partial charge in [-0.25, -0.2) is 4.99 Å². The Kier molecular flexibility index (Phi) is 4.54. The number of fused-ring (bicyclic) bond motifs is 2. The molecule has 3 aliphatic heterocycles. The van der Waals surface area contributed by atoms with Gasteiger partial charge in [0.2, 0.25) is 6.79 Å². The lowest BCUT2D eigenvalue weighted by atomic mass is 9.96. The number of amidine groups is 1. The van der Waals surface area contributed by atoms with E-state index in [1.54, 1.807) is 0 Å². The van der Waals surface area contributed by atoms with Gasteiger partial charge in [0.1, 0.15) is 11.8 Å². The van der Waals surface area contributed by atoms with Gasteiger partial charge in [0.15, 0.2) is 11.5 Å². The number of benzene rings is 1. The summed E-state index contributed by atoms with van der Waals surface area (Å²) in [4.78, 5) is 25.8. The molecule has 1 aliphatic carbocycles. The van der Waals surface area contributed by atoms with Crippen LogP contribution in [0.25, 0.3) is 0 Å². The number of nitrogens with zero attached hydrogens (tertiary/aromatic N) is 4. The minimum Gasteiger partial charge on any atom is -0.454 e. The Bertz CT molecular complexity index is 910. The molecule has 144 valence electrons. The summed E-state index contributed by atoms with van der Waals surface area (Å²) in [5, 5.41) is 0. The largest absolute Gasteiger partial charge is 0.454 e. The van der Waals surface area contributed by atoms with Gasteiger partial charge < -0.3 is 9.47 Å². The van der Waals surface area contributed by atoms with E-state index in [0.29, 0.717) is 19.2 Å². The zero-order chi connectivity index (χ0) is 18.9. The summed E-state index contributed by atoms with van der Waals surface area (Å²) in [5.74, 6) is 1.87. The van der Waals surface area contributed by atoms with Gasteiger partial charge in [-0.05, 0) is 23.8 Å². The van der Waals surface area contributed by atoms with Crippen LogP contribution in [0.1, 0.15) is 5.56 Å². The molecule has 3 heterocycles. The molecule has 4 aliphatic rings. The highest BCUT2D eigenvalue weighted by Gasteiger charge is 2.27. The van der Waals surface area contributed by atoms with E-state index < -0.39 is 0 Å². The van der Waals surface area contributed by atoms with E-state index in [4.69, 9.17) is 9.47 Å². The van der Waals surface area contributed by atoms with Crippen LogP contribution < -0.4 is 9.47 Å². The van der Waals surface area contributed by atoms with Gasteiger partial charge >= 0.3 is 0 Å². The molecule has 1 saturated heterocycles. The predicted molar refractivity (Wildman–Crippen MR) is 106 cm³/mol. The molecule has 0 saturated carbocycles. The molecule has 1 fully saturated rings. The van der Waals surface area contributed by atoms with Gasteiger partial charge in [-0.1, -0.05) is 24.3 Å². The van der Waals surface area contributed by atoms with Crippen LogP contribution in [0.15, 0.2) is 52.5 Å². The average Bonchev–Trinajstić information content (AvgIpc) is 3.17. The Hall–Kier alpha value is -2.77. The molecule has 1 unspecified atom stereocenters. The maximum atomic E-state index is 12.2. The third-order valence-corrected chi connectivity index (χ3v) is 5.44. The van der Waals surface area contributed by atoms with Crippen molar-refractivity contribution < 1.29 is 14.3 Å². The normalized spacial score (nSPS) is 24.1. The van der Waals surface area contributed by atoms with Gasteiger partial charge in [0.05, 0.1) is 12.3 Å². The lowest BCUT2D eigenvalue weighted by Gasteiger charge is -2.34. The Morgan fingerprint density at radius 3 is 2.61 bits per heavy atom. The van der Waals surface area contributed by atoms with E-state index in [0.717, 1.165) is 49.9 Å². The van der Waals surface area contributed by atoms with Crippen molar-refractivity contribution in [2.45, 2.75) is 6.54 Å². The van der Waals surface area contributed by atoms with Crippen LogP contribution in [0.4, 0.5) is 0 Å². The maximum Gasteiger partial charge on any atom is 0.260 e. The van der Waals surface area contributed by atoms with Crippen LogP contribution in [-0.2, 0) is 11.3 Å². The second kappa shape index (κ2) is 7.33. The Morgan fingerprint density at radius 2 is 1.75 bits per heavy atom.